The first-order valence-corrected chi connectivity index (χ1v) is 7.38. The third-order valence-electron chi connectivity index (χ3n) is 3.19. The van der Waals surface area contributed by atoms with Gasteiger partial charge in [-0.3, -0.25) is 4.79 Å². The number of pyridine rings is 1. The van der Waals surface area contributed by atoms with Crippen LogP contribution in [0, 0.1) is 0 Å². The minimum atomic E-state index is -0.194. The minimum Gasteiger partial charge on any atom is -0.497 e. The molecule has 0 aliphatic rings. The Morgan fingerprint density at radius 1 is 1.27 bits per heavy atom. The predicted molar refractivity (Wildman–Crippen MR) is 88.6 cm³/mol. The van der Waals surface area contributed by atoms with Gasteiger partial charge < -0.3 is 15.4 Å². The Morgan fingerprint density at radius 3 is 2.82 bits per heavy atom. The highest BCUT2D eigenvalue weighted by Crippen LogP contribution is 2.17. The van der Waals surface area contributed by atoms with E-state index in [-0.39, 0.29) is 5.91 Å². The molecule has 5 heteroatoms. The van der Waals surface area contributed by atoms with E-state index in [1.807, 2.05) is 24.3 Å². The van der Waals surface area contributed by atoms with Crippen molar-refractivity contribution in [3.05, 3.63) is 48.2 Å². The largest absolute Gasteiger partial charge is 0.497 e. The molecule has 2 aromatic rings. The quantitative estimate of drug-likeness (QED) is 0.767. The molecule has 22 heavy (non-hydrogen) atoms. The summed E-state index contributed by atoms with van der Waals surface area (Å²) in [5, 5.41) is 6.04. The third-order valence-corrected chi connectivity index (χ3v) is 3.19. The van der Waals surface area contributed by atoms with Crippen LogP contribution in [0.4, 0.5) is 11.5 Å². The zero-order chi connectivity index (χ0) is 15.8. The van der Waals surface area contributed by atoms with Gasteiger partial charge in [0.05, 0.1) is 12.7 Å². The summed E-state index contributed by atoms with van der Waals surface area (Å²) in [7, 11) is 1.59. The maximum absolute atomic E-state index is 12.2. The summed E-state index contributed by atoms with van der Waals surface area (Å²) in [5.41, 5.74) is 1.21. The summed E-state index contributed by atoms with van der Waals surface area (Å²) < 4.78 is 5.13. The van der Waals surface area contributed by atoms with Gasteiger partial charge in [-0.05, 0) is 30.7 Å². The zero-order valence-electron chi connectivity index (χ0n) is 12.9. The molecule has 0 saturated carbocycles. The number of unbranched alkanes of at least 4 members (excludes halogenated alkanes) is 1. The van der Waals surface area contributed by atoms with E-state index in [9.17, 15) is 4.79 Å². The smallest absolute Gasteiger partial charge is 0.257 e. The van der Waals surface area contributed by atoms with Crippen molar-refractivity contribution in [2.45, 2.75) is 19.8 Å². The molecular weight excluding hydrogens is 278 g/mol. The van der Waals surface area contributed by atoms with Gasteiger partial charge in [0.2, 0.25) is 0 Å². The van der Waals surface area contributed by atoms with E-state index in [4.69, 9.17) is 4.74 Å². The number of nitrogens with one attached hydrogen (secondary N) is 2. The van der Waals surface area contributed by atoms with Gasteiger partial charge in [0.25, 0.3) is 5.91 Å². The lowest BCUT2D eigenvalue weighted by Gasteiger charge is -2.08. The number of aromatic nitrogens is 1. The molecule has 1 heterocycles. The van der Waals surface area contributed by atoms with E-state index in [2.05, 4.69) is 22.5 Å². The Kier molecular flexibility index (Phi) is 5.77. The number of hydrogen-bond donors (Lipinski definition) is 2. The van der Waals surface area contributed by atoms with Gasteiger partial charge in [0, 0.05) is 24.5 Å². The first kappa shape index (κ1) is 15.8. The van der Waals surface area contributed by atoms with Crippen LogP contribution in [0.2, 0.25) is 0 Å². The van der Waals surface area contributed by atoms with Crippen LogP contribution >= 0.6 is 0 Å². The maximum Gasteiger partial charge on any atom is 0.257 e. The second-order valence-electron chi connectivity index (χ2n) is 4.90. The monoisotopic (exact) mass is 299 g/mol. The highest BCUT2D eigenvalue weighted by Gasteiger charge is 2.07. The number of nitrogens with zero attached hydrogens (tertiary/aromatic N) is 1. The molecular formula is C17H21N3O2. The number of carbonyl (C=O) groups is 1. The molecule has 1 amide bonds. The summed E-state index contributed by atoms with van der Waals surface area (Å²) in [6, 6.07) is 10.8. The zero-order valence-corrected chi connectivity index (χ0v) is 12.9. The average Bonchev–Trinajstić information content (AvgIpc) is 2.56. The molecule has 0 fully saturated rings. The van der Waals surface area contributed by atoms with Gasteiger partial charge >= 0.3 is 0 Å². The van der Waals surface area contributed by atoms with Crippen LogP contribution in [0.25, 0.3) is 0 Å². The van der Waals surface area contributed by atoms with Crippen molar-refractivity contribution in [3.63, 3.8) is 0 Å². The van der Waals surface area contributed by atoms with Crippen molar-refractivity contribution < 1.29 is 9.53 Å². The second-order valence-corrected chi connectivity index (χ2v) is 4.90. The molecule has 0 unspecified atom stereocenters. The van der Waals surface area contributed by atoms with Crippen LogP contribution in [0.3, 0.4) is 0 Å². The van der Waals surface area contributed by atoms with Crippen LogP contribution in [0.5, 0.6) is 5.75 Å². The molecule has 2 rings (SSSR count). The fourth-order valence-electron chi connectivity index (χ4n) is 1.93. The molecule has 0 aliphatic heterocycles. The molecule has 0 spiro atoms. The van der Waals surface area contributed by atoms with Crippen LogP contribution in [-0.4, -0.2) is 24.5 Å². The highest BCUT2D eigenvalue weighted by atomic mass is 16.5. The Bertz CT molecular complexity index is 612. The SMILES string of the molecule is CCCCNc1ccc(C(=O)Nc2cccc(OC)c2)cn1. The van der Waals surface area contributed by atoms with Crippen LogP contribution < -0.4 is 15.4 Å². The average molecular weight is 299 g/mol. The third kappa shape index (κ3) is 4.48. The van der Waals surface area contributed by atoms with Crippen molar-refractivity contribution in [1.82, 2.24) is 4.98 Å². The van der Waals surface area contributed by atoms with E-state index < -0.39 is 0 Å². The Balaban J connectivity index is 1.97. The number of amides is 1. The highest BCUT2D eigenvalue weighted by molar-refractivity contribution is 6.04. The number of rotatable bonds is 7. The van der Waals surface area contributed by atoms with E-state index >= 15 is 0 Å². The molecule has 0 radical (unpaired) electrons. The van der Waals surface area contributed by atoms with Gasteiger partial charge in [-0.2, -0.15) is 0 Å². The number of hydrogen-bond acceptors (Lipinski definition) is 4. The lowest BCUT2D eigenvalue weighted by Crippen LogP contribution is -2.12. The van der Waals surface area contributed by atoms with Crippen LogP contribution in [0.15, 0.2) is 42.6 Å². The maximum atomic E-state index is 12.2. The lowest BCUT2D eigenvalue weighted by molar-refractivity contribution is 0.102. The Labute approximate surface area is 130 Å². The standard InChI is InChI=1S/C17H21N3O2/c1-3-4-10-18-16-9-8-13(12-19-16)17(21)20-14-6-5-7-15(11-14)22-2/h5-9,11-12H,3-4,10H2,1-2H3,(H,18,19)(H,20,21). The van der Waals surface area contributed by atoms with Gasteiger partial charge in [-0.25, -0.2) is 4.98 Å². The molecule has 5 nitrogen and oxygen atoms in total. The van der Waals surface area contributed by atoms with Gasteiger partial charge in [-0.15, -0.1) is 0 Å². The Hall–Kier alpha value is -2.56. The minimum absolute atomic E-state index is 0.194. The summed E-state index contributed by atoms with van der Waals surface area (Å²) >= 11 is 0. The van der Waals surface area contributed by atoms with Gasteiger partial charge in [0.1, 0.15) is 11.6 Å². The normalized spacial score (nSPS) is 10.1. The molecule has 116 valence electrons. The van der Waals surface area contributed by atoms with Crippen molar-refractivity contribution >= 4 is 17.4 Å². The van der Waals surface area contributed by atoms with E-state index in [1.54, 1.807) is 25.4 Å². The summed E-state index contributed by atoms with van der Waals surface area (Å²) in [6.45, 7) is 3.03. The first-order chi connectivity index (χ1) is 10.7. The number of ether oxygens (including phenoxy) is 1. The molecule has 1 aromatic heterocycles. The van der Waals surface area contributed by atoms with E-state index in [0.29, 0.717) is 17.0 Å². The Morgan fingerprint density at radius 2 is 2.14 bits per heavy atom. The summed E-state index contributed by atoms with van der Waals surface area (Å²) in [5.74, 6) is 1.29. The topological polar surface area (TPSA) is 63.2 Å². The molecule has 0 aliphatic carbocycles. The first-order valence-electron chi connectivity index (χ1n) is 7.38. The van der Waals surface area contributed by atoms with Gasteiger partial charge in [-0.1, -0.05) is 19.4 Å². The summed E-state index contributed by atoms with van der Waals surface area (Å²) in [6.07, 6.45) is 3.80. The number of benzene rings is 1. The van der Waals surface area contributed by atoms with Crippen molar-refractivity contribution in [3.8, 4) is 5.75 Å². The molecule has 0 bridgehead atoms. The van der Waals surface area contributed by atoms with Crippen molar-refractivity contribution in [1.29, 1.82) is 0 Å². The van der Waals surface area contributed by atoms with Gasteiger partial charge in [0.15, 0.2) is 0 Å². The van der Waals surface area contributed by atoms with Crippen LogP contribution in [-0.2, 0) is 0 Å². The molecule has 0 saturated heterocycles. The number of methoxy groups -OCH3 is 1. The molecule has 2 N–H and O–H groups in total. The predicted octanol–water partition coefficient (Wildman–Crippen LogP) is 3.55. The molecule has 0 atom stereocenters. The second kappa shape index (κ2) is 8.02. The lowest BCUT2D eigenvalue weighted by atomic mass is 10.2. The van der Waals surface area contributed by atoms with E-state index in [0.717, 1.165) is 25.2 Å². The van der Waals surface area contributed by atoms with E-state index in [1.165, 1.54) is 0 Å². The number of carbonyl (C=O) groups excluding carboxylic acids is 1. The number of anilines is 2. The molecule has 1 aromatic carbocycles. The fraction of sp³-hybridized carbons (Fsp3) is 0.294. The summed E-state index contributed by atoms with van der Waals surface area (Å²) in [4.78, 5) is 16.4. The van der Waals surface area contributed by atoms with Crippen molar-refractivity contribution in [2.24, 2.45) is 0 Å². The fourth-order valence-corrected chi connectivity index (χ4v) is 1.93. The van der Waals surface area contributed by atoms with Crippen LogP contribution in [0.1, 0.15) is 30.1 Å². The van der Waals surface area contributed by atoms with Crippen molar-refractivity contribution in [2.75, 3.05) is 24.3 Å².